The number of hydrogen-bond acceptors (Lipinski definition) is 5. The van der Waals surface area contributed by atoms with Crippen molar-refractivity contribution in [2.75, 3.05) is 11.9 Å². The van der Waals surface area contributed by atoms with Crippen molar-refractivity contribution in [2.24, 2.45) is 5.92 Å². The van der Waals surface area contributed by atoms with Gasteiger partial charge in [-0.05, 0) is 42.9 Å². The predicted molar refractivity (Wildman–Crippen MR) is 104 cm³/mol. The highest BCUT2D eigenvalue weighted by Crippen LogP contribution is 2.38. The SMILES string of the molecule is OC[C@@H]1C[C@@H](n2ccc3c(N[C@H]4CCc5ccccc54)ncnc32)C[C@@H]1O. The van der Waals surface area contributed by atoms with Gasteiger partial charge in [-0.1, -0.05) is 24.3 Å². The van der Waals surface area contributed by atoms with Crippen LogP contribution in [-0.2, 0) is 6.42 Å². The van der Waals surface area contributed by atoms with Gasteiger partial charge < -0.3 is 20.1 Å². The summed E-state index contributed by atoms with van der Waals surface area (Å²) in [5, 5.41) is 24.2. The highest BCUT2D eigenvalue weighted by molar-refractivity contribution is 5.87. The Labute approximate surface area is 157 Å². The van der Waals surface area contributed by atoms with Gasteiger partial charge in [-0.2, -0.15) is 0 Å². The highest BCUT2D eigenvalue weighted by atomic mass is 16.3. The maximum absolute atomic E-state index is 10.1. The molecule has 3 aromatic rings. The number of hydrogen-bond donors (Lipinski definition) is 3. The van der Waals surface area contributed by atoms with Crippen molar-refractivity contribution in [2.45, 2.75) is 43.9 Å². The van der Waals surface area contributed by atoms with Crippen LogP contribution in [0.25, 0.3) is 11.0 Å². The van der Waals surface area contributed by atoms with Crippen molar-refractivity contribution in [3.05, 3.63) is 54.0 Å². The van der Waals surface area contributed by atoms with E-state index >= 15 is 0 Å². The fourth-order valence-corrected chi connectivity index (χ4v) is 4.75. The number of nitrogens with zero attached hydrogens (tertiary/aromatic N) is 3. The summed E-state index contributed by atoms with van der Waals surface area (Å²) in [4.78, 5) is 9.01. The summed E-state index contributed by atoms with van der Waals surface area (Å²) >= 11 is 0. The number of rotatable bonds is 4. The molecule has 4 atom stereocenters. The number of nitrogens with one attached hydrogen (secondary N) is 1. The molecule has 0 unspecified atom stereocenters. The first kappa shape index (κ1) is 16.7. The van der Waals surface area contributed by atoms with Crippen LogP contribution < -0.4 is 5.32 Å². The second kappa shape index (κ2) is 6.62. The van der Waals surface area contributed by atoms with Crippen LogP contribution in [0.4, 0.5) is 5.82 Å². The van der Waals surface area contributed by atoms with E-state index in [1.54, 1.807) is 6.33 Å². The van der Waals surface area contributed by atoms with Gasteiger partial charge >= 0.3 is 0 Å². The molecule has 2 aromatic heterocycles. The summed E-state index contributed by atoms with van der Waals surface area (Å²) < 4.78 is 2.13. The summed E-state index contributed by atoms with van der Waals surface area (Å²) in [6.07, 6.45) is 6.76. The smallest absolute Gasteiger partial charge is 0.145 e. The fraction of sp³-hybridized carbons (Fsp3) is 0.429. The molecule has 6 heteroatoms. The van der Waals surface area contributed by atoms with Crippen LogP contribution in [0.1, 0.15) is 42.5 Å². The summed E-state index contributed by atoms with van der Waals surface area (Å²) in [5.74, 6) is 0.805. The first-order valence-corrected chi connectivity index (χ1v) is 9.69. The van der Waals surface area contributed by atoms with E-state index < -0.39 is 6.10 Å². The van der Waals surface area contributed by atoms with E-state index in [1.165, 1.54) is 11.1 Å². The molecule has 0 bridgehead atoms. The number of benzene rings is 1. The van der Waals surface area contributed by atoms with Crippen molar-refractivity contribution >= 4 is 16.9 Å². The van der Waals surface area contributed by atoms with Crippen molar-refractivity contribution in [1.82, 2.24) is 14.5 Å². The lowest BCUT2D eigenvalue weighted by Crippen LogP contribution is -2.16. The number of fused-ring (bicyclic) bond motifs is 2. The minimum Gasteiger partial charge on any atom is -0.396 e. The first-order chi connectivity index (χ1) is 13.2. The lowest BCUT2D eigenvalue weighted by Gasteiger charge is -2.16. The van der Waals surface area contributed by atoms with Crippen LogP contribution in [0.5, 0.6) is 0 Å². The molecule has 0 radical (unpaired) electrons. The van der Waals surface area contributed by atoms with Gasteiger partial charge in [0.15, 0.2) is 0 Å². The fourth-order valence-electron chi connectivity index (χ4n) is 4.75. The summed E-state index contributed by atoms with van der Waals surface area (Å²) in [5.41, 5.74) is 3.65. The molecular weight excluding hydrogens is 340 g/mol. The summed E-state index contributed by atoms with van der Waals surface area (Å²) in [7, 11) is 0. The molecule has 1 fully saturated rings. The maximum atomic E-state index is 10.1. The zero-order valence-electron chi connectivity index (χ0n) is 15.1. The van der Waals surface area contributed by atoms with Gasteiger partial charge in [-0.15, -0.1) is 0 Å². The Morgan fingerprint density at radius 3 is 2.89 bits per heavy atom. The first-order valence-electron chi connectivity index (χ1n) is 9.69. The minimum atomic E-state index is -0.452. The lowest BCUT2D eigenvalue weighted by atomic mass is 10.1. The van der Waals surface area contributed by atoms with Gasteiger partial charge in [0.25, 0.3) is 0 Å². The Balaban J connectivity index is 1.45. The Bertz CT molecular complexity index is 970. The van der Waals surface area contributed by atoms with Gasteiger partial charge in [0, 0.05) is 24.8 Å². The quantitative estimate of drug-likeness (QED) is 0.663. The number of aryl methyl sites for hydroxylation is 1. The Morgan fingerprint density at radius 1 is 1.15 bits per heavy atom. The van der Waals surface area contributed by atoms with Gasteiger partial charge in [-0.3, -0.25) is 0 Å². The van der Waals surface area contributed by atoms with E-state index in [0.29, 0.717) is 6.42 Å². The lowest BCUT2D eigenvalue weighted by molar-refractivity contribution is 0.0906. The molecule has 0 spiro atoms. The predicted octanol–water partition coefficient (Wildman–Crippen LogP) is 2.84. The Kier molecular flexibility index (Phi) is 4.10. The van der Waals surface area contributed by atoms with Crippen LogP contribution in [0, 0.1) is 5.92 Å². The molecule has 5 rings (SSSR count). The number of aromatic nitrogens is 3. The van der Waals surface area contributed by atoms with Crippen molar-refractivity contribution in [3.63, 3.8) is 0 Å². The molecule has 2 aliphatic rings. The maximum Gasteiger partial charge on any atom is 0.145 e. The molecule has 1 saturated carbocycles. The van der Waals surface area contributed by atoms with Crippen LogP contribution >= 0.6 is 0 Å². The van der Waals surface area contributed by atoms with E-state index in [-0.39, 0.29) is 24.6 Å². The van der Waals surface area contributed by atoms with E-state index in [9.17, 15) is 10.2 Å². The molecule has 0 saturated heterocycles. The molecule has 3 N–H and O–H groups in total. The van der Waals surface area contributed by atoms with Gasteiger partial charge in [0.2, 0.25) is 0 Å². The molecule has 2 heterocycles. The number of aliphatic hydroxyl groups excluding tert-OH is 2. The van der Waals surface area contributed by atoms with Crippen LogP contribution in [0.15, 0.2) is 42.9 Å². The van der Waals surface area contributed by atoms with Crippen LogP contribution in [-0.4, -0.2) is 37.5 Å². The van der Waals surface area contributed by atoms with Crippen molar-refractivity contribution < 1.29 is 10.2 Å². The largest absolute Gasteiger partial charge is 0.396 e. The highest BCUT2D eigenvalue weighted by Gasteiger charge is 2.34. The van der Waals surface area contributed by atoms with Crippen molar-refractivity contribution in [1.29, 1.82) is 0 Å². The van der Waals surface area contributed by atoms with E-state index in [0.717, 1.165) is 36.1 Å². The number of aliphatic hydroxyl groups is 2. The third-order valence-electron chi connectivity index (χ3n) is 6.21. The van der Waals surface area contributed by atoms with E-state index in [1.807, 2.05) is 6.20 Å². The number of anilines is 1. The molecule has 27 heavy (non-hydrogen) atoms. The van der Waals surface area contributed by atoms with E-state index in [2.05, 4.69) is 50.2 Å². The molecule has 140 valence electrons. The molecule has 0 aliphatic heterocycles. The normalized spacial score (nSPS) is 27.2. The van der Waals surface area contributed by atoms with E-state index in [4.69, 9.17) is 0 Å². The standard InChI is InChI=1S/C21H24N4O2/c26-11-14-9-15(10-19(14)27)25-8-7-17-20(22-12-23-21(17)25)24-18-6-5-13-3-1-2-4-16(13)18/h1-4,7-8,12,14-15,18-19,26-27H,5-6,9-11H2,(H,22,23,24)/t14-,15+,18-,19-/m0/s1. The van der Waals surface area contributed by atoms with Gasteiger partial charge in [0.05, 0.1) is 17.5 Å². The topological polar surface area (TPSA) is 83.2 Å². The zero-order chi connectivity index (χ0) is 18.4. The zero-order valence-corrected chi connectivity index (χ0v) is 15.1. The summed E-state index contributed by atoms with van der Waals surface area (Å²) in [6.45, 7) is 0.0275. The summed E-state index contributed by atoms with van der Waals surface area (Å²) in [6, 6.07) is 11.1. The third kappa shape index (κ3) is 2.80. The van der Waals surface area contributed by atoms with Crippen LogP contribution in [0.2, 0.25) is 0 Å². The monoisotopic (exact) mass is 364 g/mol. The molecule has 2 aliphatic carbocycles. The Hall–Kier alpha value is -2.44. The van der Waals surface area contributed by atoms with Gasteiger partial charge in [-0.25, -0.2) is 9.97 Å². The average molecular weight is 364 g/mol. The van der Waals surface area contributed by atoms with Crippen molar-refractivity contribution in [3.8, 4) is 0 Å². The minimum absolute atomic E-state index is 0.0275. The second-order valence-corrected chi connectivity index (χ2v) is 7.75. The Morgan fingerprint density at radius 2 is 2.04 bits per heavy atom. The van der Waals surface area contributed by atoms with Gasteiger partial charge in [0.1, 0.15) is 17.8 Å². The average Bonchev–Trinajstić information content (AvgIpc) is 3.39. The molecule has 0 amide bonds. The molecule has 1 aromatic carbocycles. The molecule has 6 nitrogen and oxygen atoms in total. The third-order valence-corrected chi connectivity index (χ3v) is 6.21. The molecular formula is C21H24N4O2. The second-order valence-electron chi connectivity index (χ2n) is 7.75. The van der Waals surface area contributed by atoms with Crippen LogP contribution in [0.3, 0.4) is 0 Å².